The Hall–Kier alpha value is -2.92. The normalized spacial score (nSPS) is 14.1. The van der Waals surface area contributed by atoms with Crippen LogP contribution in [0.3, 0.4) is 0 Å². The zero-order valence-corrected chi connectivity index (χ0v) is 14.0. The zero-order chi connectivity index (χ0) is 17.8. The van der Waals surface area contributed by atoms with Crippen molar-refractivity contribution in [2.24, 2.45) is 0 Å². The van der Waals surface area contributed by atoms with E-state index in [1.807, 2.05) is 37.3 Å². The fraction of sp³-hybridized carbons (Fsp3) is 0.200. The van der Waals surface area contributed by atoms with Gasteiger partial charge in [-0.25, -0.2) is 5.48 Å². The van der Waals surface area contributed by atoms with Crippen LogP contribution in [-0.2, 0) is 4.79 Å². The van der Waals surface area contributed by atoms with Crippen LogP contribution >= 0.6 is 0 Å². The average Bonchev–Trinajstić information content (AvgIpc) is 3.44. The molecule has 0 radical (unpaired) electrons. The lowest BCUT2D eigenvalue weighted by atomic mass is 10.00. The minimum atomic E-state index is -0.569. The Balaban J connectivity index is 1.92. The van der Waals surface area contributed by atoms with Gasteiger partial charge in [-0.05, 0) is 49.1 Å². The van der Waals surface area contributed by atoms with Crippen molar-refractivity contribution >= 4 is 23.5 Å². The van der Waals surface area contributed by atoms with Crippen molar-refractivity contribution in [1.29, 1.82) is 0 Å². The second-order valence-corrected chi connectivity index (χ2v) is 6.23. The molecule has 5 nitrogen and oxygen atoms in total. The molecular formula is C20H20N2O3. The second-order valence-electron chi connectivity index (χ2n) is 6.23. The molecule has 1 fully saturated rings. The number of benzene rings is 2. The van der Waals surface area contributed by atoms with Crippen molar-refractivity contribution in [2.75, 3.05) is 0 Å². The number of hydrogen-bond acceptors (Lipinski definition) is 3. The summed E-state index contributed by atoms with van der Waals surface area (Å²) in [6.07, 6.45) is 3.86. The number of amides is 2. The predicted molar refractivity (Wildman–Crippen MR) is 95.9 cm³/mol. The first kappa shape index (κ1) is 16.9. The molecule has 0 spiro atoms. The molecule has 3 N–H and O–H groups in total. The monoisotopic (exact) mass is 336 g/mol. The quantitative estimate of drug-likeness (QED) is 0.340. The van der Waals surface area contributed by atoms with Crippen molar-refractivity contribution < 1.29 is 14.8 Å². The number of nitrogens with one attached hydrogen (secondary N) is 2. The molecule has 1 saturated carbocycles. The van der Waals surface area contributed by atoms with Crippen LogP contribution in [0, 0.1) is 6.92 Å². The molecule has 0 bridgehead atoms. The van der Waals surface area contributed by atoms with Gasteiger partial charge in [0.15, 0.2) is 0 Å². The summed E-state index contributed by atoms with van der Waals surface area (Å²) in [6.45, 7) is 2.00. The molecule has 0 aliphatic heterocycles. The van der Waals surface area contributed by atoms with Crippen molar-refractivity contribution in [3.8, 4) is 0 Å². The van der Waals surface area contributed by atoms with Gasteiger partial charge in [0.1, 0.15) is 0 Å². The molecular weight excluding hydrogens is 316 g/mol. The van der Waals surface area contributed by atoms with Crippen molar-refractivity contribution in [2.45, 2.75) is 25.8 Å². The van der Waals surface area contributed by atoms with Crippen LogP contribution in [0.1, 0.15) is 39.9 Å². The Morgan fingerprint density at radius 1 is 1.00 bits per heavy atom. The summed E-state index contributed by atoms with van der Waals surface area (Å²) in [5.74, 6) is -0.663. The smallest absolute Gasteiger partial charge is 0.274 e. The average molecular weight is 336 g/mol. The van der Waals surface area contributed by atoms with Crippen molar-refractivity contribution in [1.82, 2.24) is 10.8 Å². The van der Waals surface area contributed by atoms with Gasteiger partial charge in [-0.15, -0.1) is 0 Å². The standard InChI is InChI=1S/C20H20N2O3/c1-13-2-6-15(7-3-13)18(20(24)21-17-10-11-17)12-14-4-8-16(9-5-14)19(23)22-25/h2-9,12,17,25H,10-11H2,1H3,(H,21,24)(H,22,23)/b18-12+. The van der Waals surface area contributed by atoms with E-state index in [4.69, 9.17) is 5.21 Å². The van der Waals surface area contributed by atoms with Crippen LogP contribution in [0.2, 0.25) is 0 Å². The first-order chi connectivity index (χ1) is 12.1. The highest BCUT2D eigenvalue weighted by molar-refractivity contribution is 6.24. The molecule has 5 heteroatoms. The van der Waals surface area contributed by atoms with E-state index < -0.39 is 5.91 Å². The van der Waals surface area contributed by atoms with Gasteiger partial charge in [0.25, 0.3) is 11.8 Å². The van der Waals surface area contributed by atoms with E-state index in [2.05, 4.69) is 5.32 Å². The third kappa shape index (κ3) is 4.33. The fourth-order valence-corrected chi connectivity index (χ4v) is 2.47. The van der Waals surface area contributed by atoms with Gasteiger partial charge in [-0.2, -0.15) is 0 Å². The SMILES string of the molecule is Cc1ccc(/C(=C\c2ccc(C(=O)NO)cc2)C(=O)NC2CC2)cc1. The zero-order valence-electron chi connectivity index (χ0n) is 14.0. The molecule has 128 valence electrons. The summed E-state index contributed by atoms with van der Waals surface area (Å²) >= 11 is 0. The van der Waals surface area contributed by atoms with Gasteiger partial charge in [0.05, 0.1) is 0 Å². The topological polar surface area (TPSA) is 78.4 Å². The van der Waals surface area contributed by atoms with E-state index in [0.29, 0.717) is 11.1 Å². The molecule has 2 aromatic rings. The molecule has 0 aromatic heterocycles. The Morgan fingerprint density at radius 2 is 1.60 bits per heavy atom. The summed E-state index contributed by atoms with van der Waals surface area (Å²) in [4.78, 5) is 24.0. The maximum absolute atomic E-state index is 12.6. The van der Waals surface area contributed by atoms with E-state index >= 15 is 0 Å². The number of carbonyl (C=O) groups is 2. The highest BCUT2D eigenvalue weighted by Gasteiger charge is 2.25. The minimum Gasteiger partial charge on any atom is -0.349 e. The van der Waals surface area contributed by atoms with Gasteiger partial charge in [-0.3, -0.25) is 14.8 Å². The lowest BCUT2D eigenvalue weighted by Crippen LogP contribution is -2.26. The molecule has 0 heterocycles. The maximum Gasteiger partial charge on any atom is 0.274 e. The van der Waals surface area contributed by atoms with Crippen LogP contribution in [0.5, 0.6) is 0 Å². The highest BCUT2D eigenvalue weighted by atomic mass is 16.5. The van der Waals surface area contributed by atoms with Gasteiger partial charge < -0.3 is 5.32 Å². The Labute approximate surface area is 146 Å². The van der Waals surface area contributed by atoms with Crippen LogP contribution < -0.4 is 10.8 Å². The molecule has 2 amide bonds. The van der Waals surface area contributed by atoms with E-state index in [1.54, 1.807) is 29.7 Å². The molecule has 0 saturated heterocycles. The molecule has 0 unspecified atom stereocenters. The molecule has 0 atom stereocenters. The molecule has 25 heavy (non-hydrogen) atoms. The second kappa shape index (κ2) is 7.32. The third-order valence-electron chi connectivity index (χ3n) is 4.11. The first-order valence-electron chi connectivity index (χ1n) is 8.21. The lowest BCUT2D eigenvalue weighted by molar-refractivity contribution is -0.115. The Morgan fingerprint density at radius 3 is 2.16 bits per heavy atom. The van der Waals surface area contributed by atoms with Gasteiger partial charge in [0, 0.05) is 17.2 Å². The fourth-order valence-electron chi connectivity index (χ4n) is 2.47. The maximum atomic E-state index is 12.6. The molecule has 3 rings (SSSR count). The number of carbonyl (C=O) groups excluding carboxylic acids is 2. The van der Waals surface area contributed by atoms with E-state index in [9.17, 15) is 9.59 Å². The Kier molecular flexibility index (Phi) is 4.95. The number of hydroxylamine groups is 1. The predicted octanol–water partition coefficient (Wildman–Crippen LogP) is 2.93. The van der Waals surface area contributed by atoms with Crippen molar-refractivity contribution in [3.05, 3.63) is 70.8 Å². The first-order valence-corrected chi connectivity index (χ1v) is 8.21. The van der Waals surface area contributed by atoms with E-state index in [0.717, 1.165) is 29.5 Å². The highest BCUT2D eigenvalue weighted by Crippen LogP contribution is 2.24. The number of rotatable bonds is 5. The number of hydrogen-bond donors (Lipinski definition) is 3. The Bertz CT molecular complexity index is 804. The molecule has 1 aliphatic rings. The summed E-state index contributed by atoms with van der Waals surface area (Å²) < 4.78 is 0. The van der Waals surface area contributed by atoms with Crippen LogP contribution in [0.15, 0.2) is 48.5 Å². The molecule has 1 aliphatic carbocycles. The summed E-state index contributed by atoms with van der Waals surface area (Å²) in [5, 5.41) is 11.7. The van der Waals surface area contributed by atoms with E-state index in [-0.39, 0.29) is 11.9 Å². The largest absolute Gasteiger partial charge is 0.349 e. The van der Waals surface area contributed by atoms with Gasteiger partial charge in [0.2, 0.25) is 0 Å². The van der Waals surface area contributed by atoms with Crippen molar-refractivity contribution in [3.63, 3.8) is 0 Å². The van der Waals surface area contributed by atoms with Gasteiger partial charge in [-0.1, -0.05) is 42.0 Å². The van der Waals surface area contributed by atoms with Crippen LogP contribution in [-0.4, -0.2) is 23.1 Å². The minimum absolute atomic E-state index is 0.0940. The summed E-state index contributed by atoms with van der Waals surface area (Å²) in [6, 6.07) is 14.8. The van der Waals surface area contributed by atoms with Gasteiger partial charge >= 0.3 is 0 Å². The molecule has 2 aromatic carbocycles. The third-order valence-corrected chi connectivity index (χ3v) is 4.11. The summed E-state index contributed by atoms with van der Waals surface area (Å²) in [7, 11) is 0. The number of aryl methyl sites for hydroxylation is 1. The van der Waals surface area contributed by atoms with E-state index in [1.165, 1.54) is 0 Å². The van der Waals surface area contributed by atoms with Crippen LogP contribution in [0.4, 0.5) is 0 Å². The summed E-state index contributed by atoms with van der Waals surface area (Å²) in [5.41, 5.74) is 5.32. The van der Waals surface area contributed by atoms with Crippen LogP contribution in [0.25, 0.3) is 11.6 Å². The lowest BCUT2D eigenvalue weighted by Gasteiger charge is -2.10.